The van der Waals surface area contributed by atoms with E-state index in [1.54, 1.807) is 6.21 Å². The molecule has 0 aromatic heterocycles. The minimum atomic E-state index is 0.392. The van der Waals surface area contributed by atoms with Gasteiger partial charge in [-0.05, 0) is 31.3 Å². The zero-order chi connectivity index (χ0) is 14.7. The van der Waals surface area contributed by atoms with Crippen molar-refractivity contribution in [3.05, 3.63) is 24.0 Å². The van der Waals surface area contributed by atoms with Gasteiger partial charge in [0.05, 0.1) is 5.57 Å². The lowest BCUT2D eigenvalue weighted by atomic mass is 10.1. The van der Waals surface area contributed by atoms with E-state index in [0.717, 1.165) is 38.2 Å². The molecule has 0 saturated carbocycles. The van der Waals surface area contributed by atoms with E-state index in [1.807, 2.05) is 6.07 Å². The molecule has 0 heterocycles. The predicted octanol–water partition coefficient (Wildman–Crippen LogP) is 4.15. The molecular formula is C16H27N3. The molecule has 3 heteroatoms. The Bertz CT molecular complexity index is 355. The highest BCUT2D eigenvalue weighted by molar-refractivity contribution is 5.83. The van der Waals surface area contributed by atoms with Crippen LogP contribution in [0.2, 0.25) is 0 Å². The van der Waals surface area contributed by atoms with Gasteiger partial charge >= 0.3 is 0 Å². The van der Waals surface area contributed by atoms with Crippen LogP contribution in [0.5, 0.6) is 0 Å². The van der Waals surface area contributed by atoms with E-state index in [0.29, 0.717) is 11.5 Å². The molecule has 0 amide bonds. The third kappa shape index (κ3) is 7.46. The Morgan fingerprint density at radius 3 is 2.32 bits per heavy atom. The third-order valence-corrected chi connectivity index (χ3v) is 2.88. The van der Waals surface area contributed by atoms with E-state index in [9.17, 15) is 0 Å². The fourth-order valence-electron chi connectivity index (χ4n) is 1.66. The molecule has 0 rings (SSSR count). The fraction of sp³-hybridized carbons (Fsp3) is 0.625. The zero-order valence-corrected chi connectivity index (χ0v) is 12.8. The van der Waals surface area contributed by atoms with Gasteiger partial charge in [0.15, 0.2) is 0 Å². The van der Waals surface area contributed by atoms with Gasteiger partial charge < -0.3 is 4.90 Å². The molecule has 0 aliphatic heterocycles. The second kappa shape index (κ2) is 10.4. The van der Waals surface area contributed by atoms with Gasteiger partial charge in [-0.3, -0.25) is 0 Å². The first-order chi connectivity index (χ1) is 9.08. The maximum atomic E-state index is 8.75. The Kier molecular flexibility index (Phi) is 9.52. The average Bonchev–Trinajstić information content (AvgIpc) is 2.42. The monoisotopic (exact) mass is 261 g/mol. The van der Waals surface area contributed by atoms with Gasteiger partial charge in [0, 0.05) is 19.3 Å². The fourth-order valence-corrected chi connectivity index (χ4v) is 1.66. The molecule has 0 aliphatic carbocycles. The van der Waals surface area contributed by atoms with Crippen molar-refractivity contribution in [2.24, 2.45) is 10.9 Å². The molecule has 0 fully saturated rings. The molecule has 0 spiro atoms. The van der Waals surface area contributed by atoms with E-state index in [2.05, 4.69) is 50.2 Å². The van der Waals surface area contributed by atoms with Crippen LogP contribution in [-0.4, -0.2) is 24.2 Å². The van der Waals surface area contributed by atoms with Crippen molar-refractivity contribution in [3.63, 3.8) is 0 Å². The Labute approximate surface area is 118 Å². The molecule has 0 radical (unpaired) electrons. The van der Waals surface area contributed by atoms with Crippen LogP contribution in [0.15, 0.2) is 29.0 Å². The first kappa shape index (κ1) is 17.4. The molecule has 0 N–H and O–H groups in total. The van der Waals surface area contributed by atoms with E-state index in [1.165, 1.54) is 0 Å². The van der Waals surface area contributed by atoms with Gasteiger partial charge in [0.25, 0.3) is 0 Å². The van der Waals surface area contributed by atoms with Crippen LogP contribution in [0.3, 0.4) is 0 Å². The number of nitrogens with zero attached hydrogens (tertiary/aromatic N) is 3. The summed E-state index contributed by atoms with van der Waals surface area (Å²) in [6, 6.07) is 2.00. The first-order valence-corrected chi connectivity index (χ1v) is 7.18. The topological polar surface area (TPSA) is 39.4 Å². The standard InChI is InChI=1S/C16H27N3/c1-6-9-19(10-7-2)16(11-14(4)8-3)18-13-15(5)12-17/h11,13-14H,5-10H2,1-4H3/b16-11+,18-13?. The van der Waals surface area contributed by atoms with Crippen molar-refractivity contribution in [2.45, 2.75) is 47.0 Å². The van der Waals surface area contributed by atoms with Crippen molar-refractivity contribution in [2.75, 3.05) is 13.1 Å². The summed E-state index contributed by atoms with van der Waals surface area (Å²) in [5, 5.41) is 8.75. The quantitative estimate of drug-likeness (QED) is 0.462. The maximum Gasteiger partial charge on any atom is 0.124 e. The number of allylic oxidation sites excluding steroid dienone is 2. The molecular weight excluding hydrogens is 234 g/mol. The largest absolute Gasteiger partial charge is 0.357 e. The number of hydrogen-bond acceptors (Lipinski definition) is 3. The van der Waals surface area contributed by atoms with Crippen molar-refractivity contribution >= 4 is 6.21 Å². The summed E-state index contributed by atoms with van der Waals surface area (Å²) in [6.45, 7) is 14.3. The van der Waals surface area contributed by atoms with Gasteiger partial charge in [-0.1, -0.05) is 34.3 Å². The van der Waals surface area contributed by atoms with Crippen LogP contribution >= 0.6 is 0 Å². The number of nitriles is 1. The first-order valence-electron chi connectivity index (χ1n) is 7.18. The molecule has 0 aromatic rings. The Morgan fingerprint density at radius 1 is 1.32 bits per heavy atom. The summed E-state index contributed by atoms with van der Waals surface area (Å²) in [4.78, 5) is 6.74. The Balaban J connectivity index is 5.12. The highest BCUT2D eigenvalue weighted by atomic mass is 15.2. The molecule has 0 bridgehead atoms. The smallest absolute Gasteiger partial charge is 0.124 e. The highest BCUT2D eigenvalue weighted by Gasteiger charge is 2.08. The van der Waals surface area contributed by atoms with Gasteiger partial charge in [-0.25, -0.2) is 4.99 Å². The predicted molar refractivity (Wildman–Crippen MR) is 82.9 cm³/mol. The summed E-state index contributed by atoms with van der Waals surface area (Å²) in [5.41, 5.74) is 0.392. The van der Waals surface area contributed by atoms with Crippen LogP contribution in [0, 0.1) is 17.2 Å². The van der Waals surface area contributed by atoms with Gasteiger partial charge in [0.2, 0.25) is 0 Å². The van der Waals surface area contributed by atoms with Crippen molar-refractivity contribution in [3.8, 4) is 6.07 Å². The molecule has 1 atom stereocenters. The molecule has 0 aliphatic rings. The van der Waals surface area contributed by atoms with Crippen LogP contribution in [0.1, 0.15) is 47.0 Å². The van der Waals surface area contributed by atoms with Gasteiger partial charge in [-0.2, -0.15) is 5.26 Å². The Hall–Kier alpha value is -1.56. The normalized spacial score (nSPS) is 13.3. The third-order valence-electron chi connectivity index (χ3n) is 2.88. The number of rotatable bonds is 9. The highest BCUT2D eigenvalue weighted by Crippen LogP contribution is 2.14. The van der Waals surface area contributed by atoms with Gasteiger partial charge in [0.1, 0.15) is 11.9 Å². The lowest BCUT2D eigenvalue weighted by Gasteiger charge is -2.24. The van der Waals surface area contributed by atoms with E-state index < -0.39 is 0 Å². The second-order valence-corrected chi connectivity index (χ2v) is 4.79. The second-order valence-electron chi connectivity index (χ2n) is 4.79. The lowest BCUT2D eigenvalue weighted by molar-refractivity contribution is 0.338. The summed E-state index contributed by atoms with van der Waals surface area (Å²) in [7, 11) is 0. The summed E-state index contributed by atoms with van der Waals surface area (Å²) in [6.07, 6.45) is 7.02. The molecule has 0 aromatic carbocycles. The summed E-state index contributed by atoms with van der Waals surface area (Å²) in [5.74, 6) is 1.45. The summed E-state index contributed by atoms with van der Waals surface area (Å²) >= 11 is 0. The molecule has 106 valence electrons. The molecule has 0 saturated heterocycles. The maximum absolute atomic E-state index is 8.75. The zero-order valence-electron chi connectivity index (χ0n) is 12.8. The van der Waals surface area contributed by atoms with Crippen LogP contribution < -0.4 is 0 Å². The minimum Gasteiger partial charge on any atom is -0.357 e. The van der Waals surface area contributed by atoms with Gasteiger partial charge in [-0.15, -0.1) is 0 Å². The molecule has 3 nitrogen and oxygen atoms in total. The van der Waals surface area contributed by atoms with Crippen LogP contribution in [0.4, 0.5) is 0 Å². The van der Waals surface area contributed by atoms with Crippen molar-refractivity contribution in [1.29, 1.82) is 5.26 Å². The summed E-state index contributed by atoms with van der Waals surface area (Å²) < 4.78 is 0. The van der Waals surface area contributed by atoms with E-state index in [4.69, 9.17) is 5.26 Å². The van der Waals surface area contributed by atoms with E-state index in [-0.39, 0.29) is 0 Å². The minimum absolute atomic E-state index is 0.392. The average molecular weight is 261 g/mol. The SMILES string of the molecule is C=C(C#N)C=N/C(=C\C(C)CC)N(CCC)CCC. The number of aliphatic imine (C=N–C) groups is 1. The Morgan fingerprint density at radius 2 is 1.89 bits per heavy atom. The lowest BCUT2D eigenvalue weighted by Crippen LogP contribution is -2.24. The molecule has 1 unspecified atom stereocenters. The number of hydrogen-bond donors (Lipinski definition) is 0. The van der Waals surface area contributed by atoms with Crippen LogP contribution in [0.25, 0.3) is 0 Å². The van der Waals surface area contributed by atoms with Crippen molar-refractivity contribution < 1.29 is 0 Å². The molecule has 19 heavy (non-hydrogen) atoms. The van der Waals surface area contributed by atoms with E-state index >= 15 is 0 Å². The van der Waals surface area contributed by atoms with Crippen molar-refractivity contribution in [1.82, 2.24) is 4.90 Å². The van der Waals surface area contributed by atoms with Crippen LogP contribution in [-0.2, 0) is 0 Å².